The second-order valence-electron chi connectivity index (χ2n) is 6.06. The number of para-hydroxylation sites is 1. The Morgan fingerprint density at radius 3 is 2.54 bits per heavy atom. The van der Waals surface area contributed by atoms with E-state index in [0.29, 0.717) is 27.8 Å². The van der Waals surface area contributed by atoms with Crippen LogP contribution in [-0.4, -0.2) is 31.7 Å². The highest BCUT2D eigenvalue weighted by atomic mass is 35.5. The van der Waals surface area contributed by atoms with Crippen LogP contribution in [0.3, 0.4) is 0 Å². The molecule has 0 saturated carbocycles. The molecule has 148 valence electrons. The summed E-state index contributed by atoms with van der Waals surface area (Å²) in [5, 5.41) is 2.99. The average Bonchev–Trinajstić information content (AvgIpc) is 2.67. The average molecular weight is 404 g/mol. The van der Waals surface area contributed by atoms with Gasteiger partial charge in [0.1, 0.15) is 0 Å². The number of rotatable bonds is 8. The zero-order chi connectivity index (χ0) is 20.5. The van der Waals surface area contributed by atoms with Gasteiger partial charge in [0.15, 0.2) is 18.1 Å². The molecular weight excluding hydrogens is 382 g/mol. The van der Waals surface area contributed by atoms with Gasteiger partial charge in [-0.3, -0.25) is 4.79 Å². The summed E-state index contributed by atoms with van der Waals surface area (Å²) in [5.74, 6) is -0.179. The molecule has 0 bridgehead atoms. The summed E-state index contributed by atoms with van der Waals surface area (Å²) < 4.78 is 15.9. The molecule has 1 N–H and O–H groups in total. The summed E-state index contributed by atoms with van der Waals surface area (Å²) in [6.07, 6.45) is 2.67. The van der Waals surface area contributed by atoms with Crippen LogP contribution in [0.25, 0.3) is 6.08 Å². The predicted octanol–water partition coefficient (Wildman–Crippen LogP) is 4.33. The smallest absolute Gasteiger partial charge is 0.331 e. The Hall–Kier alpha value is -2.99. The maximum atomic E-state index is 11.8. The van der Waals surface area contributed by atoms with E-state index in [-0.39, 0.29) is 12.7 Å². The molecule has 0 radical (unpaired) electrons. The van der Waals surface area contributed by atoms with Crippen LogP contribution in [0.1, 0.15) is 19.4 Å². The summed E-state index contributed by atoms with van der Waals surface area (Å²) in [6, 6.07) is 12.2. The van der Waals surface area contributed by atoms with E-state index >= 15 is 0 Å². The quantitative estimate of drug-likeness (QED) is 0.524. The summed E-state index contributed by atoms with van der Waals surface area (Å²) in [6.45, 7) is 3.38. The maximum absolute atomic E-state index is 11.8. The van der Waals surface area contributed by atoms with Crippen molar-refractivity contribution in [2.24, 2.45) is 0 Å². The Balaban J connectivity index is 1.94. The van der Waals surface area contributed by atoms with Gasteiger partial charge in [-0.25, -0.2) is 4.79 Å². The van der Waals surface area contributed by atoms with Crippen LogP contribution >= 0.6 is 11.6 Å². The van der Waals surface area contributed by atoms with Crippen LogP contribution in [-0.2, 0) is 14.3 Å². The molecule has 2 rings (SSSR count). The minimum absolute atomic E-state index is 0.0650. The summed E-state index contributed by atoms with van der Waals surface area (Å²) in [4.78, 5) is 23.6. The van der Waals surface area contributed by atoms with Gasteiger partial charge in [-0.1, -0.05) is 29.8 Å². The maximum Gasteiger partial charge on any atom is 0.331 e. The molecule has 2 aromatic rings. The van der Waals surface area contributed by atoms with E-state index in [1.807, 2.05) is 19.9 Å². The van der Waals surface area contributed by atoms with E-state index in [9.17, 15) is 9.59 Å². The number of methoxy groups -OCH3 is 1. The van der Waals surface area contributed by atoms with Crippen molar-refractivity contribution >= 4 is 35.2 Å². The molecule has 2 aromatic carbocycles. The molecule has 6 nitrogen and oxygen atoms in total. The van der Waals surface area contributed by atoms with Crippen molar-refractivity contribution in [1.82, 2.24) is 0 Å². The van der Waals surface area contributed by atoms with Gasteiger partial charge in [0.25, 0.3) is 5.91 Å². The standard InChI is InChI=1S/C21H22ClNO5/c1-14(2)28-21-17(22)11-15(12-18(21)26-3)9-10-20(25)27-13-19(24)23-16-7-5-4-6-8-16/h4-12,14H,13H2,1-3H3,(H,23,24)/b10-9+. The van der Waals surface area contributed by atoms with Crippen molar-refractivity contribution < 1.29 is 23.8 Å². The molecule has 0 aromatic heterocycles. The van der Waals surface area contributed by atoms with E-state index < -0.39 is 11.9 Å². The number of hydrogen-bond acceptors (Lipinski definition) is 5. The molecule has 0 saturated heterocycles. The Bertz CT molecular complexity index is 849. The Morgan fingerprint density at radius 1 is 1.18 bits per heavy atom. The molecule has 0 atom stereocenters. The van der Waals surface area contributed by atoms with Crippen molar-refractivity contribution in [3.05, 3.63) is 59.1 Å². The van der Waals surface area contributed by atoms with Gasteiger partial charge in [0.05, 0.1) is 18.2 Å². The largest absolute Gasteiger partial charge is 0.493 e. The van der Waals surface area contributed by atoms with Crippen molar-refractivity contribution in [1.29, 1.82) is 0 Å². The fraction of sp³-hybridized carbons (Fsp3) is 0.238. The van der Waals surface area contributed by atoms with E-state index in [1.54, 1.807) is 36.4 Å². The van der Waals surface area contributed by atoms with Crippen LogP contribution in [0, 0.1) is 0 Å². The lowest BCUT2D eigenvalue weighted by Crippen LogP contribution is -2.20. The first kappa shape index (κ1) is 21.3. The second-order valence-corrected chi connectivity index (χ2v) is 6.46. The van der Waals surface area contributed by atoms with E-state index in [4.69, 9.17) is 25.8 Å². The Kier molecular flexibility index (Phi) is 7.89. The first-order valence-corrected chi connectivity index (χ1v) is 9.00. The molecule has 0 aliphatic carbocycles. The lowest BCUT2D eigenvalue weighted by Gasteiger charge is -2.15. The van der Waals surface area contributed by atoms with E-state index in [0.717, 1.165) is 0 Å². The molecule has 0 aliphatic heterocycles. The number of ether oxygens (including phenoxy) is 3. The third kappa shape index (κ3) is 6.63. The predicted molar refractivity (Wildman–Crippen MR) is 109 cm³/mol. The number of benzene rings is 2. The highest BCUT2D eigenvalue weighted by Crippen LogP contribution is 2.37. The molecular formula is C21H22ClNO5. The fourth-order valence-electron chi connectivity index (χ4n) is 2.25. The van der Waals surface area contributed by atoms with Crippen LogP contribution in [0.2, 0.25) is 5.02 Å². The number of nitrogens with one attached hydrogen (secondary N) is 1. The molecule has 28 heavy (non-hydrogen) atoms. The molecule has 0 unspecified atom stereocenters. The van der Waals surface area contributed by atoms with Crippen LogP contribution in [0.15, 0.2) is 48.5 Å². The monoisotopic (exact) mass is 403 g/mol. The highest BCUT2D eigenvalue weighted by molar-refractivity contribution is 6.32. The highest BCUT2D eigenvalue weighted by Gasteiger charge is 2.13. The minimum atomic E-state index is -0.652. The Labute approximate surface area is 169 Å². The number of carbonyl (C=O) groups is 2. The van der Waals surface area contributed by atoms with Crippen molar-refractivity contribution in [3.8, 4) is 11.5 Å². The number of amides is 1. The van der Waals surface area contributed by atoms with Gasteiger partial charge >= 0.3 is 5.97 Å². The van der Waals surface area contributed by atoms with Crippen LogP contribution < -0.4 is 14.8 Å². The summed E-state index contributed by atoms with van der Waals surface area (Å²) in [5.41, 5.74) is 1.26. The third-order valence-corrected chi connectivity index (χ3v) is 3.70. The first-order chi connectivity index (χ1) is 13.4. The fourth-order valence-corrected chi connectivity index (χ4v) is 2.52. The lowest BCUT2D eigenvalue weighted by atomic mass is 10.2. The number of hydrogen-bond donors (Lipinski definition) is 1. The zero-order valence-electron chi connectivity index (χ0n) is 15.9. The van der Waals surface area contributed by atoms with Gasteiger partial charge in [-0.2, -0.15) is 0 Å². The van der Waals surface area contributed by atoms with Crippen LogP contribution in [0.5, 0.6) is 11.5 Å². The van der Waals surface area contributed by atoms with E-state index in [1.165, 1.54) is 19.3 Å². The second kappa shape index (κ2) is 10.4. The molecule has 0 heterocycles. The van der Waals surface area contributed by atoms with Crippen LogP contribution in [0.4, 0.5) is 5.69 Å². The summed E-state index contributed by atoms with van der Waals surface area (Å²) >= 11 is 6.24. The van der Waals surface area contributed by atoms with Crippen molar-refractivity contribution in [2.75, 3.05) is 19.0 Å². The Morgan fingerprint density at radius 2 is 1.89 bits per heavy atom. The number of esters is 1. The number of anilines is 1. The molecule has 0 aliphatic rings. The van der Waals surface area contributed by atoms with Gasteiger partial charge in [-0.05, 0) is 49.8 Å². The normalized spacial score (nSPS) is 10.8. The van der Waals surface area contributed by atoms with Crippen molar-refractivity contribution in [3.63, 3.8) is 0 Å². The lowest BCUT2D eigenvalue weighted by molar-refractivity contribution is -0.142. The summed E-state index contributed by atoms with van der Waals surface area (Å²) in [7, 11) is 1.51. The number of carbonyl (C=O) groups excluding carboxylic acids is 2. The zero-order valence-corrected chi connectivity index (χ0v) is 16.7. The molecule has 7 heteroatoms. The number of halogens is 1. The van der Waals surface area contributed by atoms with Gasteiger partial charge < -0.3 is 19.5 Å². The molecule has 1 amide bonds. The van der Waals surface area contributed by atoms with Gasteiger partial charge in [-0.15, -0.1) is 0 Å². The van der Waals surface area contributed by atoms with E-state index in [2.05, 4.69) is 5.32 Å². The molecule has 0 spiro atoms. The van der Waals surface area contributed by atoms with Gasteiger partial charge in [0.2, 0.25) is 0 Å². The van der Waals surface area contributed by atoms with Crippen molar-refractivity contribution in [2.45, 2.75) is 20.0 Å². The SMILES string of the molecule is COc1cc(/C=C/C(=O)OCC(=O)Nc2ccccc2)cc(Cl)c1OC(C)C. The first-order valence-electron chi connectivity index (χ1n) is 8.63. The molecule has 0 fully saturated rings. The third-order valence-electron chi connectivity index (χ3n) is 3.42. The van der Waals surface area contributed by atoms with Gasteiger partial charge in [0, 0.05) is 11.8 Å². The minimum Gasteiger partial charge on any atom is -0.493 e. The topological polar surface area (TPSA) is 73.9 Å².